The Balaban J connectivity index is 1.26. The quantitative estimate of drug-likeness (QED) is 0.322. The third-order valence-electron chi connectivity index (χ3n) is 6.76. The number of thiophene rings is 1. The van der Waals surface area contributed by atoms with E-state index in [0.29, 0.717) is 11.5 Å². The van der Waals surface area contributed by atoms with E-state index in [-0.39, 0.29) is 0 Å². The number of nitrogens with zero attached hydrogens (tertiary/aromatic N) is 6. The highest BCUT2D eigenvalue weighted by Crippen LogP contribution is 2.33. The van der Waals surface area contributed by atoms with E-state index < -0.39 is 0 Å². The Kier molecular flexibility index (Phi) is 5.29. The molecule has 36 heavy (non-hydrogen) atoms. The summed E-state index contributed by atoms with van der Waals surface area (Å²) < 4.78 is 0. The van der Waals surface area contributed by atoms with E-state index in [9.17, 15) is 0 Å². The number of hydrogen-bond acceptors (Lipinski definition) is 7. The summed E-state index contributed by atoms with van der Waals surface area (Å²) in [5, 5.41) is 9.73. The number of rotatable bonds is 5. The lowest BCUT2D eigenvalue weighted by molar-refractivity contribution is 0.220. The van der Waals surface area contributed by atoms with E-state index in [2.05, 4.69) is 47.6 Å². The van der Waals surface area contributed by atoms with Gasteiger partial charge in [0.2, 0.25) is 0 Å². The van der Waals surface area contributed by atoms with Crippen LogP contribution in [0.4, 0.5) is 0 Å². The lowest BCUT2D eigenvalue weighted by Crippen LogP contribution is -2.29. The molecule has 0 spiro atoms. The van der Waals surface area contributed by atoms with Gasteiger partial charge in [0.25, 0.3) is 0 Å². The summed E-state index contributed by atoms with van der Waals surface area (Å²) >= 11 is 1.67. The molecule has 0 aromatic carbocycles. The first-order valence-corrected chi connectivity index (χ1v) is 13.1. The van der Waals surface area contributed by atoms with Crippen molar-refractivity contribution >= 4 is 33.4 Å². The van der Waals surface area contributed by atoms with Crippen LogP contribution in [0.2, 0.25) is 0 Å². The van der Waals surface area contributed by atoms with Crippen molar-refractivity contribution in [3.63, 3.8) is 0 Å². The van der Waals surface area contributed by atoms with Crippen LogP contribution in [-0.2, 0) is 6.54 Å². The Labute approximate surface area is 211 Å². The van der Waals surface area contributed by atoms with Crippen LogP contribution in [0.3, 0.4) is 0 Å². The Morgan fingerprint density at radius 2 is 1.81 bits per heavy atom. The fourth-order valence-electron chi connectivity index (χ4n) is 4.97. The summed E-state index contributed by atoms with van der Waals surface area (Å²) in [5.74, 6) is 0.670. The van der Waals surface area contributed by atoms with Gasteiger partial charge in [-0.15, -0.1) is 11.3 Å². The number of H-pyrrole nitrogens is 2. The predicted octanol–water partition coefficient (Wildman–Crippen LogP) is 5.67. The summed E-state index contributed by atoms with van der Waals surface area (Å²) in [6.07, 6.45) is 11.4. The van der Waals surface area contributed by atoms with E-state index in [1.807, 2.05) is 36.8 Å². The van der Waals surface area contributed by atoms with Crippen molar-refractivity contribution in [1.82, 2.24) is 40.0 Å². The van der Waals surface area contributed by atoms with Crippen molar-refractivity contribution < 1.29 is 0 Å². The van der Waals surface area contributed by atoms with Crippen molar-refractivity contribution in [3.05, 3.63) is 66.1 Å². The van der Waals surface area contributed by atoms with E-state index >= 15 is 0 Å². The predicted molar refractivity (Wildman–Crippen MR) is 142 cm³/mol. The number of hydrogen-bond donors (Lipinski definition) is 2. The van der Waals surface area contributed by atoms with Crippen molar-refractivity contribution in [3.8, 4) is 33.2 Å². The third-order valence-corrected chi connectivity index (χ3v) is 7.66. The highest BCUT2D eigenvalue weighted by Gasteiger charge is 2.18. The molecule has 178 valence electrons. The minimum absolute atomic E-state index is 0.670. The second-order valence-electron chi connectivity index (χ2n) is 9.23. The molecule has 8 nitrogen and oxygen atoms in total. The molecular formula is C27H24N8S. The zero-order valence-electron chi connectivity index (χ0n) is 19.6. The molecule has 0 saturated carbocycles. The Bertz CT molecular complexity index is 1660. The molecule has 7 heterocycles. The van der Waals surface area contributed by atoms with Gasteiger partial charge in [-0.1, -0.05) is 12.5 Å². The standard InChI is InChI=1S/C27H24N8S/c1-2-8-35(9-3-1)16-17-11-18(13-28-12-17)20-6-7-21-25(30-20)26(34-33-21)27-31-22-15-29-14-19(24(22)32-27)23-5-4-10-36-23/h4-7,10-15H,1-3,8-9,16H2,(H,31,32)(H,33,34). The second kappa shape index (κ2) is 8.92. The Hall–Kier alpha value is -3.95. The Morgan fingerprint density at radius 3 is 2.69 bits per heavy atom. The molecule has 9 heteroatoms. The zero-order valence-corrected chi connectivity index (χ0v) is 20.4. The van der Waals surface area contributed by atoms with Crippen LogP contribution < -0.4 is 0 Å². The van der Waals surface area contributed by atoms with Gasteiger partial charge in [0.15, 0.2) is 11.5 Å². The molecule has 2 N–H and O–H groups in total. The molecule has 6 aromatic rings. The summed E-state index contributed by atoms with van der Waals surface area (Å²) in [7, 11) is 0. The summed E-state index contributed by atoms with van der Waals surface area (Å²) in [4.78, 5) is 25.9. The molecule has 0 amide bonds. The first-order chi connectivity index (χ1) is 17.8. The molecule has 0 aliphatic carbocycles. The average molecular weight is 493 g/mol. The zero-order chi connectivity index (χ0) is 23.9. The van der Waals surface area contributed by atoms with Gasteiger partial charge >= 0.3 is 0 Å². The van der Waals surface area contributed by atoms with Gasteiger partial charge in [-0.2, -0.15) is 5.10 Å². The highest BCUT2D eigenvalue weighted by atomic mass is 32.1. The van der Waals surface area contributed by atoms with Crippen molar-refractivity contribution in [2.24, 2.45) is 0 Å². The molecule has 0 unspecified atom stereocenters. The van der Waals surface area contributed by atoms with E-state index in [0.717, 1.165) is 63.4 Å². The lowest BCUT2D eigenvalue weighted by atomic mass is 10.1. The maximum atomic E-state index is 4.99. The van der Waals surface area contributed by atoms with Gasteiger partial charge in [0.05, 0.1) is 22.9 Å². The number of aromatic nitrogens is 7. The van der Waals surface area contributed by atoms with Gasteiger partial charge in [-0.25, -0.2) is 9.97 Å². The summed E-state index contributed by atoms with van der Waals surface area (Å²) in [5.41, 5.74) is 8.19. The molecule has 6 aromatic heterocycles. The normalized spacial score (nSPS) is 14.7. The number of piperidine rings is 1. The van der Waals surface area contributed by atoms with Crippen molar-refractivity contribution in [1.29, 1.82) is 0 Å². The summed E-state index contributed by atoms with van der Waals surface area (Å²) in [6.45, 7) is 3.25. The molecule has 0 bridgehead atoms. The fraction of sp³-hybridized carbons (Fsp3) is 0.222. The molecule has 1 fully saturated rings. The van der Waals surface area contributed by atoms with Gasteiger partial charge in [0.1, 0.15) is 11.0 Å². The molecular weight excluding hydrogens is 468 g/mol. The fourth-order valence-corrected chi connectivity index (χ4v) is 5.71. The first kappa shape index (κ1) is 21.3. The lowest BCUT2D eigenvalue weighted by Gasteiger charge is -2.26. The number of likely N-dealkylation sites (tertiary alicyclic amines) is 1. The van der Waals surface area contributed by atoms with E-state index in [4.69, 9.17) is 9.97 Å². The molecule has 0 radical (unpaired) electrons. The number of nitrogens with one attached hydrogen (secondary N) is 2. The first-order valence-electron chi connectivity index (χ1n) is 12.2. The maximum absolute atomic E-state index is 4.99. The smallest absolute Gasteiger partial charge is 0.161 e. The van der Waals surface area contributed by atoms with Crippen LogP contribution >= 0.6 is 11.3 Å². The van der Waals surface area contributed by atoms with Crippen LogP contribution in [0.1, 0.15) is 24.8 Å². The van der Waals surface area contributed by atoms with Crippen molar-refractivity contribution in [2.75, 3.05) is 13.1 Å². The van der Waals surface area contributed by atoms with Gasteiger partial charge in [-0.3, -0.25) is 20.0 Å². The van der Waals surface area contributed by atoms with Crippen molar-refractivity contribution in [2.45, 2.75) is 25.8 Å². The molecule has 1 aliphatic rings. The minimum atomic E-state index is 0.670. The van der Waals surface area contributed by atoms with Gasteiger partial charge in [0, 0.05) is 41.1 Å². The molecule has 1 aliphatic heterocycles. The van der Waals surface area contributed by atoms with Crippen LogP contribution in [0, 0.1) is 0 Å². The largest absolute Gasteiger partial charge is 0.335 e. The second-order valence-corrected chi connectivity index (χ2v) is 10.2. The molecule has 0 atom stereocenters. The van der Waals surface area contributed by atoms with Gasteiger partial charge in [-0.05, 0) is 61.1 Å². The molecule has 1 saturated heterocycles. The van der Waals surface area contributed by atoms with E-state index in [1.165, 1.54) is 24.8 Å². The monoisotopic (exact) mass is 492 g/mol. The van der Waals surface area contributed by atoms with Crippen LogP contribution in [0.5, 0.6) is 0 Å². The average Bonchev–Trinajstić information content (AvgIpc) is 3.68. The van der Waals surface area contributed by atoms with Crippen LogP contribution in [0.25, 0.3) is 55.3 Å². The number of aromatic amines is 2. The molecule has 7 rings (SSSR count). The van der Waals surface area contributed by atoms with Crippen LogP contribution in [-0.4, -0.2) is 53.1 Å². The number of imidazole rings is 1. The number of pyridine rings is 3. The minimum Gasteiger partial charge on any atom is -0.335 e. The SMILES string of the molecule is c1csc(-c2cncc3[nH]c(-c4n[nH]c5ccc(-c6cncc(CN7CCCCC7)c6)nc45)nc23)c1. The summed E-state index contributed by atoms with van der Waals surface area (Å²) in [6, 6.07) is 10.4. The number of fused-ring (bicyclic) bond motifs is 2. The van der Waals surface area contributed by atoms with Crippen LogP contribution in [0.15, 0.2) is 60.5 Å². The maximum Gasteiger partial charge on any atom is 0.161 e. The Morgan fingerprint density at radius 1 is 0.889 bits per heavy atom. The van der Waals surface area contributed by atoms with Gasteiger partial charge < -0.3 is 4.98 Å². The third kappa shape index (κ3) is 3.86. The topological polar surface area (TPSA) is 99.3 Å². The highest BCUT2D eigenvalue weighted by molar-refractivity contribution is 7.13. The van der Waals surface area contributed by atoms with E-state index in [1.54, 1.807) is 17.5 Å².